The quantitative estimate of drug-likeness (QED) is 0.335. The second-order valence-electron chi connectivity index (χ2n) is 3.80. The predicted octanol–water partition coefficient (Wildman–Crippen LogP) is -0.429. The minimum absolute atomic E-state index is 0.410. The zero-order valence-electron chi connectivity index (χ0n) is 10.5. The molecule has 0 saturated heterocycles. The Balaban J connectivity index is 0.000000555. The first-order valence-corrected chi connectivity index (χ1v) is 8.29. The molecule has 1 aromatic heterocycles. The second kappa shape index (κ2) is 7.13. The van der Waals surface area contributed by atoms with Crippen molar-refractivity contribution in [1.82, 2.24) is 4.57 Å². The number of nitrogens with zero attached hydrogens (tertiary/aromatic N) is 2. The van der Waals surface area contributed by atoms with Gasteiger partial charge in [0.1, 0.15) is 12.4 Å². The van der Waals surface area contributed by atoms with E-state index in [4.69, 9.17) is 23.8 Å². The van der Waals surface area contributed by atoms with E-state index in [-0.39, 0.29) is 0 Å². The van der Waals surface area contributed by atoms with E-state index in [0.717, 1.165) is 0 Å². The summed E-state index contributed by atoms with van der Waals surface area (Å²) in [7, 11) is -6.86. The van der Waals surface area contributed by atoms with E-state index in [9.17, 15) is 8.42 Å². The van der Waals surface area contributed by atoms with Gasteiger partial charge in [-0.15, -0.1) is 0 Å². The Labute approximate surface area is 111 Å². The molecule has 0 fully saturated rings. The standard InChI is InChI=1S/C8H14N2O3S.H3O4P/c1-3-4-8(14(11,12)13)10-6-5-9(2)7-10;1-5(2,3)4/h5-8H,3-4H2,1-2H3;(H3,1,2,3,4)/p+1. The summed E-state index contributed by atoms with van der Waals surface area (Å²) in [6, 6.07) is 0. The second-order valence-corrected chi connectivity index (χ2v) is 6.40. The molecule has 0 bridgehead atoms. The van der Waals surface area contributed by atoms with Gasteiger partial charge in [0.05, 0.1) is 7.05 Å². The maximum atomic E-state index is 11.1. The summed E-state index contributed by atoms with van der Waals surface area (Å²) in [5, 5.41) is -0.867. The Morgan fingerprint density at radius 3 is 2.11 bits per heavy atom. The van der Waals surface area contributed by atoms with Gasteiger partial charge >= 0.3 is 17.9 Å². The molecule has 0 aliphatic rings. The van der Waals surface area contributed by atoms with Gasteiger partial charge < -0.3 is 14.7 Å². The van der Waals surface area contributed by atoms with Crippen LogP contribution in [0.4, 0.5) is 0 Å². The molecule has 0 amide bonds. The third-order valence-electron chi connectivity index (χ3n) is 2.00. The average Bonchev–Trinajstić information content (AvgIpc) is 2.56. The van der Waals surface area contributed by atoms with E-state index in [1.165, 1.54) is 4.57 Å². The Bertz CT molecular complexity index is 527. The van der Waals surface area contributed by atoms with E-state index in [1.807, 2.05) is 6.92 Å². The summed E-state index contributed by atoms with van der Waals surface area (Å²) in [6.07, 6.45) is 6.11. The minimum Gasteiger partial charge on any atom is -0.303 e. The zero-order chi connectivity index (χ0) is 15.3. The summed E-state index contributed by atoms with van der Waals surface area (Å²) in [4.78, 5) is 21.6. The van der Waals surface area contributed by atoms with E-state index in [0.29, 0.717) is 12.8 Å². The van der Waals surface area contributed by atoms with Gasteiger partial charge in [-0.05, 0) is 0 Å². The Kier molecular flexibility index (Phi) is 6.84. The van der Waals surface area contributed by atoms with Crippen LogP contribution in [0, 0.1) is 0 Å². The van der Waals surface area contributed by atoms with Crippen molar-refractivity contribution in [2.45, 2.75) is 25.1 Å². The van der Waals surface area contributed by atoms with E-state index < -0.39 is 23.3 Å². The molecule has 4 N–H and O–H groups in total. The fourth-order valence-corrected chi connectivity index (χ4v) is 2.30. The lowest BCUT2D eigenvalue weighted by molar-refractivity contribution is -0.702. The fourth-order valence-electron chi connectivity index (χ4n) is 1.34. The van der Waals surface area contributed by atoms with Crippen LogP contribution in [0.1, 0.15) is 25.1 Å². The van der Waals surface area contributed by atoms with Crippen LogP contribution in [0.2, 0.25) is 0 Å². The maximum Gasteiger partial charge on any atom is 0.466 e. The highest BCUT2D eigenvalue weighted by atomic mass is 32.2. The lowest BCUT2D eigenvalue weighted by Crippen LogP contribution is -2.42. The molecule has 1 aromatic rings. The SMILES string of the molecule is CCCC([n+]1ccn(C)c1)S(=O)(=O)O.O=P(O)(O)O. The molecular weight excluding hydrogens is 299 g/mol. The number of imidazole rings is 1. The number of aromatic nitrogens is 2. The molecule has 19 heavy (non-hydrogen) atoms. The highest BCUT2D eigenvalue weighted by molar-refractivity contribution is 7.85. The molecule has 0 aliphatic carbocycles. The van der Waals surface area contributed by atoms with Crippen LogP contribution in [0.15, 0.2) is 18.7 Å². The zero-order valence-corrected chi connectivity index (χ0v) is 12.2. The maximum absolute atomic E-state index is 11.1. The van der Waals surface area contributed by atoms with Crippen molar-refractivity contribution >= 4 is 17.9 Å². The molecule has 1 heterocycles. The monoisotopic (exact) mass is 317 g/mol. The molecular formula is C8H18N2O7PS+. The third kappa shape index (κ3) is 8.87. The van der Waals surface area contributed by atoms with Crippen molar-refractivity contribution in [2.75, 3.05) is 0 Å². The van der Waals surface area contributed by atoms with E-state index in [1.54, 1.807) is 30.3 Å². The summed E-state index contributed by atoms with van der Waals surface area (Å²) >= 11 is 0. The molecule has 0 aromatic carbocycles. The van der Waals surface area contributed by atoms with E-state index >= 15 is 0 Å². The predicted molar refractivity (Wildman–Crippen MR) is 65.4 cm³/mol. The van der Waals surface area contributed by atoms with Gasteiger partial charge in [-0.2, -0.15) is 8.42 Å². The van der Waals surface area contributed by atoms with E-state index in [2.05, 4.69) is 0 Å². The summed E-state index contributed by atoms with van der Waals surface area (Å²) in [6.45, 7) is 1.88. The lowest BCUT2D eigenvalue weighted by Gasteiger charge is -2.08. The highest BCUT2D eigenvalue weighted by Crippen LogP contribution is 2.25. The van der Waals surface area contributed by atoms with Crippen molar-refractivity contribution in [3.8, 4) is 0 Å². The Hall–Kier alpha value is -0.770. The van der Waals surface area contributed by atoms with Crippen LogP contribution in [0.5, 0.6) is 0 Å². The van der Waals surface area contributed by atoms with Crippen LogP contribution in [0.3, 0.4) is 0 Å². The normalized spacial score (nSPS) is 13.6. The van der Waals surface area contributed by atoms with Crippen molar-refractivity contribution in [3.63, 3.8) is 0 Å². The van der Waals surface area contributed by atoms with Crippen LogP contribution in [-0.2, 0) is 21.7 Å². The minimum atomic E-state index is -4.64. The van der Waals surface area contributed by atoms with Crippen molar-refractivity contribution in [1.29, 1.82) is 0 Å². The van der Waals surface area contributed by atoms with Crippen molar-refractivity contribution < 1.29 is 36.8 Å². The molecule has 112 valence electrons. The van der Waals surface area contributed by atoms with Crippen molar-refractivity contribution in [2.24, 2.45) is 7.05 Å². The van der Waals surface area contributed by atoms with Gasteiger partial charge in [-0.1, -0.05) is 13.3 Å². The van der Waals surface area contributed by atoms with Crippen LogP contribution in [-0.4, -0.2) is 32.2 Å². The third-order valence-corrected chi connectivity index (χ3v) is 3.17. The number of aryl methyl sites for hydroxylation is 1. The summed E-state index contributed by atoms with van der Waals surface area (Å²) in [5.74, 6) is 0. The lowest BCUT2D eigenvalue weighted by atomic mass is 10.3. The molecule has 9 nitrogen and oxygen atoms in total. The van der Waals surface area contributed by atoms with Gasteiger partial charge in [0, 0.05) is 6.42 Å². The van der Waals surface area contributed by atoms with Crippen molar-refractivity contribution in [3.05, 3.63) is 18.7 Å². The number of hydrogen-bond donors (Lipinski definition) is 4. The molecule has 0 spiro atoms. The average molecular weight is 317 g/mol. The summed E-state index contributed by atoms with van der Waals surface area (Å²) < 4.78 is 43.2. The molecule has 1 atom stereocenters. The highest BCUT2D eigenvalue weighted by Gasteiger charge is 2.28. The largest absolute Gasteiger partial charge is 0.466 e. The topological polar surface area (TPSA) is 141 Å². The Morgan fingerprint density at radius 1 is 1.37 bits per heavy atom. The van der Waals surface area contributed by atoms with Crippen LogP contribution < -0.4 is 4.57 Å². The van der Waals surface area contributed by atoms with Gasteiger partial charge in [0.25, 0.3) is 0 Å². The Morgan fingerprint density at radius 2 is 1.84 bits per heavy atom. The molecule has 0 radical (unpaired) electrons. The van der Waals surface area contributed by atoms with Gasteiger partial charge in [-0.25, -0.2) is 13.7 Å². The first kappa shape index (κ1) is 18.2. The molecule has 1 rings (SSSR count). The molecule has 0 saturated carbocycles. The molecule has 1 unspecified atom stereocenters. The number of phosphoric acid groups is 1. The van der Waals surface area contributed by atoms with Gasteiger partial charge in [-0.3, -0.25) is 4.55 Å². The number of hydrogen-bond acceptors (Lipinski definition) is 3. The molecule has 0 aliphatic heterocycles. The first-order chi connectivity index (χ1) is 8.45. The number of rotatable bonds is 4. The molecule has 11 heteroatoms. The van der Waals surface area contributed by atoms with Gasteiger partial charge in [0.2, 0.25) is 11.7 Å². The smallest absolute Gasteiger partial charge is 0.303 e. The van der Waals surface area contributed by atoms with Crippen LogP contribution in [0.25, 0.3) is 0 Å². The van der Waals surface area contributed by atoms with Crippen LogP contribution >= 0.6 is 7.82 Å². The fraction of sp³-hybridized carbons (Fsp3) is 0.625. The summed E-state index contributed by atoms with van der Waals surface area (Å²) in [5.41, 5.74) is 0. The first-order valence-electron chi connectivity index (χ1n) is 5.22. The van der Waals surface area contributed by atoms with Gasteiger partial charge in [0.15, 0.2) is 0 Å².